The molecule has 0 aliphatic heterocycles. The lowest BCUT2D eigenvalue weighted by Gasteiger charge is -2.12. The molecular formula is C6H17NO3. The van der Waals surface area contributed by atoms with Crippen LogP contribution in [0.3, 0.4) is 0 Å². The molecule has 0 atom stereocenters. The Bertz CT molecular complexity index is 58.5. The Hall–Kier alpha value is -0.160. The van der Waals surface area contributed by atoms with Crippen molar-refractivity contribution in [3.63, 3.8) is 0 Å². The molecule has 0 heterocycles. The number of aliphatic hydroxyl groups is 3. The Morgan fingerprint density at radius 1 is 1.10 bits per heavy atom. The summed E-state index contributed by atoms with van der Waals surface area (Å²) in [6.07, 6.45) is 0. The van der Waals surface area contributed by atoms with Gasteiger partial charge in [0.2, 0.25) is 0 Å². The van der Waals surface area contributed by atoms with Crippen molar-refractivity contribution in [1.82, 2.24) is 0 Å². The SMILES string of the molecule is CC(C)(N)CO.OCCO. The number of hydrogen-bond donors (Lipinski definition) is 4. The van der Waals surface area contributed by atoms with Crippen LogP contribution in [0.5, 0.6) is 0 Å². The van der Waals surface area contributed by atoms with Crippen molar-refractivity contribution >= 4 is 0 Å². The van der Waals surface area contributed by atoms with Gasteiger partial charge in [-0.1, -0.05) is 0 Å². The van der Waals surface area contributed by atoms with E-state index in [1.165, 1.54) is 0 Å². The predicted molar refractivity (Wildman–Crippen MR) is 39.5 cm³/mol. The third-order valence-electron chi connectivity index (χ3n) is 0.508. The van der Waals surface area contributed by atoms with E-state index in [9.17, 15) is 0 Å². The molecule has 0 fully saturated rings. The highest BCUT2D eigenvalue weighted by Crippen LogP contribution is 1.89. The smallest absolute Gasteiger partial charge is 0.0662 e. The zero-order valence-corrected chi connectivity index (χ0v) is 6.54. The van der Waals surface area contributed by atoms with Gasteiger partial charge < -0.3 is 21.1 Å². The first-order chi connectivity index (χ1) is 4.47. The van der Waals surface area contributed by atoms with Crippen LogP contribution in [0.25, 0.3) is 0 Å². The van der Waals surface area contributed by atoms with E-state index in [4.69, 9.17) is 21.1 Å². The van der Waals surface area contributed by atoms with Crippen LogP contribution in [-0.2, 0) is 0 Å². The van der Waals surface area contributed by atoms with E-state index in [1.807, 2.05) is 0 Å². The number of aliphatic hydroxyl groups excluding tert-OH is 3. The molecule has 64 valence electrons. The van der Waals surface area contributed by atoms with Crippen molar-refractivity contribution in [1.29, 1.82) is 0 Å². The summed E-state index contributed by atoms with van der Waals surface area (Å²) in [5, 5.41) is 23.5. The van der Waals surface area contributed by atoms with Crippen molar-refractivity contribution in [2.45, 2.75) is 19.4 Å². The molecule has 0 spiro atoms. The molecule has 10 heavy (non-hydrogen) atoms. The lowest BCUT2D eigenvalue weighted by atomic mass is 10.1. The summed E-state index contributed by atoms with van der Waals surface area (Å²) in [5.41, 5.74) is 4.88. The highest BCUT2D eigenvalue weighted by molar-refractivity contribution is 4.67. The van der Waals surface area contributed by atoms with Gasteiger partial charge in [-0.2, -0.15) is 0 Å². The van der Waals surface area contributed by atoms with Gasteiger partial charge in [0, 0.05) is 5.54 Å². The van der Waals surface area contributed by atoms with Crippen molar-refractivity contribution in [3.8, 4) is 0 Å². The van der Waals surface area contributed by atoms with E-state index in [2.05, 4.69) is 0 Å². The molecule has 4 heteroatoms. The van der Waals surface area contributed by atoms with E-state index in [1.54, 1.807) is 13.8 Å². The van der Waals surface area contributed by atoms with Gasteiger partial charge in [0.15, 0.2) is 0 Å². The van der Waals surface area contributed by atoms with E-state index < -0.39 is 5.54 Å². The second-order valence-electron chi connectivity index (χ2n) is 2.59. The molecule has 0 amide bonds. The minimum Gasteiger partial charge on any atom is -0.394 e. The average Bonchev–Trinajstić information content (AvgIpc) is 1.87. The Morgan fingerprint density at radius 2 is 1.30 bits per heavy atom. The summed E-state index contributed by atoms with van der Waals surface area (Å²) in [6, 6.07) is 0. The van der Waals surface area contributed by atoms with Crippen molar-refractivity contribution < 1.29 is 15.3 Å². The van der Waals surface area contributed by atoms with Crippen molar-refractivity contribution in [2.75, 3.05) is 19.8 Å². The zero-order chi connectivity index (χ0) is 8.62. The summed E-state index contributed by atoms with van der Waals surface area (Å²) in [6.45, 7) is 3.34. The summed E-state index contributed by atoms with van der Waals surface area (Å²) < 4.78 is 0. The topological polar surface area (TPSA) is 86.7 Å². The zero-order valence-electron chi connectivity index (χ0n) is 6.54. The van der Waals surface area contributed by atoms with Gasteiger partial charge >= 0.3 is 0 Å². The fourth-order valence-corrected chi connectivity index (χ4v) is 0. The number of nitrogens with two attached hydrogens (primary N) is 1. The Labute approximate surface area is 61.3 Å². The predicted octanol–water partition coefficient (Wildman–Crippen LogP) is -1.31. The van der Waals surface area contributed by atoms with E-state index in [0.29, 0.717) is 0 Å². The Morgan fingerprint density at radius 3 is 1.30 bits per heavy atom. The van der Waals surface area contributed by atoms with Crippen molar-refractivity contribution in [3.05, 3.63) is 0 Å². The van der Waals surface area contributed by atoms with Gasteiger partial charge in [-0.15, -0.1) is 0 Å². The summed E-state index contributed by atoms with van der Waals surface area (Å²) >= 11 is 0. The molecule has 0 saturated carbocycles. The maximum atomic E-state index is 8.28. The molecule has 0 unspecified atom stereocenters. The molecule has 0 aliphatic rings. The minimum atomic E-state index is -0.403. The van der Waals surface area contributed by atoms with Gasteiger partial charge in [-0.3, -0.25) is 0 Å². The van der Waals surface area contributed by atoms with Gasteiger partial charge in [0.25, 0.3) is 0 Å². The highest BCUT2D eigenvalue weighted by Gasteiger charge is 2.05. The van der Waals surface area contributed by atoms with Gasteiger partial charge in [-0.05, 0) is 13.8 Å². The lowest BCUT2D eigenvalue weighted by Crippen LogP contribution is -2.35. The van der Waals surface area contributed by atoms with Crippen LogP contribution in [0, 0.1) is 0 Å². The first-order valence-electron chi connectivity index (χ1n) is 3.09. The first kappa shape index (κ1) is 12.5. The second-order valence-corrected chi connectivity index (χ2v) is 2.59. The second kappa shape index (κ2) is 6.95. The van der Waals surface area contributed by atoms with E-state index >= 15 is 0 Å². The van der Waals surface area contributed by atoms with Crippen LogP contribution < -0.4 is 5.73 Å². The molecule has 0 aromatic heterocycles. The lowest BCUT2D eigenvalue weighted by molar-refractivity contribution is 0.186. The molecular weight excluding hydrogens is 134 g/mol. The highest BCUT2D eigenvalue weighted by atomic mass is 16.3. The van der Waals surface area contributed by atoms with Gasteiger partial charge in [-0.25, -0.2) is 0 Å². The van der Waals surface area contributed by atoms with Crippen molar-refractivity contribution in [2.24, 2.45) is 5.73 Å². The van der Waals surface area contributed by atoms with Crippen LogP contribution in [0.1, 0.15) is 13.8 Å². The largest absolute Gasteiger partial charge is 0.394 e. The maximum absolute atomic E-state index is 8.28. The molecule has 4 nitrogen and oxygen atoms in total. The third-order valence-corrected chi connectivity index (χ3v) is 0.508. The van der Waals surface area contributed by atoms with Gasteiger partial charge in [0.1, 0.15) is 0 Å². The van der Waals surface area contributed by atoms with E-state index in [-0.39, 0.29) is 19.8 Å². The van der Waals surface area contributed by atoms with Crippen LogP contribution >= 0.6 is 0 Å². The third kappa shape index (κ3) is 24.9. The fourth-order valence-electron chi connectivity index (χ4n) is 0. The Kier molecular flexibility index (Phi) is 8.70. The quantitative estimate of drug-likeness (QED) is 0.394. The summed E-state index contributed by atoms with van der Waals surface area (Å²) in [7, 11) is 0. The molecule has 0 bridgehead atoms. The number of hydrogen-bond acceptors (Lipinski definition) is 4. The molecule has 0 saturated heterocycles. The standard InChI is InChI=1S/C4H11NO.C2H6O2/c1-4(2,5)3-6;3-1-2-4/h6H,3,5H2,1-2H3;3-4H,1-2H2. The molecule has 0 aromatic rings. The molecule has 5 N–H and O–H groups in total. The maximum Gasteiger partial charge on any atom is 0.0662 e. The van der Waals surface area contributed by atoms with Crippen LogP contribution in [0.15, 0.2) is 0 Å². The summed E-state index contributed by atoms with van der Waals surface area (Å²) in [4.78, 5) is 0. The van der Waals surface area contributed by atoms with Crippen LogP contribution in [0.4, 0.5) is 0 Å². The number of rotatable bonds is 2. The van der Waals surface area contributed by atoms with Crippen LogP contribution in [0.2, 0.25) is 0 Å². The molecule has 0 rings (SSSR count). The van der Waals surface area contributed by atoms with Crippen LogP contribution in [-0.4, -0.2) is 40.7 Å². The average molecular weight is 151 g/mol. The van der Waals surface area contributed by atoms with Gasteiger partial charge in [0.05, 0.1) is 19.8 Å². The molecule has 0 aromatic carbocycles. The molecule has 0 radical (unpaired) electrons. The molecule has 0 aliphatic carbocycles. The Balaban J connectivity index is 0. The fraction of sp³-hybridized carbons (Fsp3) is 1.00. The monoisotopic (exact) mass is 151 g/mol. The first-order valence-corrected chi connectivity index (χ1v) is 3.09. The van der Waals surface area contributed by atoms with E-state index in [0.717, 1.165) is 0 Å². The normalized spacial score (nSPS) is 10.2. The minimum absolute atomic E-state index is 0.0486. The summed E-state index contributed by atoms with van der Waals surface area (Å²) in [5.74, 6) is 0.